The molecule has 2 aromatic carbocycles. The fourth-order valence-corrected chi connectivity index (χ4v) is 8.64. The molecule has 2 aliphatic carbocycles. The van der Waals surface area contributed by atoms with E-state index in [4.69, 9.17) is 14.5 Å². The summed E-state index contributed by atoms with van der Waals surface area (Å²) in [6.45, 7) is 6.82. The molecule has 3 fully saturated rings. The van der Waals surface area contributed by atoms with Gasteiger partial charge in [-0.1, -0.05) is 30.3 Å². The molecule has 0 radical (unpaired) electrons. The van der Waals surface area contributed by atoms with Crippen molar-refractivity contribution >= 4 is 39.8 Å². The molecule has 61 heavy (non-hydrogen) atoms. The van der Waals surface area contributed by atoms with Gasteiger partial charge in [0, 0.05) is 95.4 Å². The van der Waals surface area contributed by atoms with Crippen molar-refractivity contribution in [2.45, 2.75) is 95.4 Å². The van der Waals surface area contributed by atoms with E-state index in [-0.39, 0.29) is 24.1 Å². The van der Waals surface area contributed by atoms with Crippen LogP contribution in [0.4, 0.5) is 5.95 Å². The number of aryl methyl sites for hydroxylation is 2. The Hall–Kier alpha value is -4.93. The molecule has 2 saturated carbocycles. The zero-order valence-electron chi connectivity index (χ0n) is 35.4. The molecule has 1 aliphatic heterocycles. The summed E-state index contributed by atoms with van der Waals surface area (Å²) in [6, 6.07) is 14.3. The second-order valence-corrected chi connectivity index (χ2v) is 17.0. The predicted molar refractivity (Wildman–Crippen MR) is 235 cm³/mol. The first-order chi connectivity index (χ1) is 29.8. The van der Waals surface area contributed by atoms with E-state index in [1.807, 2.05) is 24.4 Å². The summed E-state index contributed by atoms with van der Waals surface area (Å²) < 4.78 is 17.0. The van der Waals surface area contributed by atoms with Gasteiger partial charge in [0.25, 0.3) is 0 Å². The van der Waals surface area contributed by atoms with Crippen LogP contribution in [0.5, 0.6) is 0 Å². The first-order valence-corrected chi connectivity index (χ1v) is 22.3. The topological polar surface area (TPSA) is 179 Å². The number of imidazole rings is 1. The quantitative estimate of drug-likeness (QED) is 0.0480. The van der Waals surface area contributed by atoms with Gasteiger partial charge in [0.15, 0.2) is 0 Å². The van der Waals surface area contributed by atoms with Crippen LogP contribution in [0.2, 0.25) is 0 Å². The first kappa shape index (κ1) is 42.7. The number of ether oxygens (including phenoxy) is 2. The van der Waals surface area contributed by atoms with Gasteiger partial charge in [-0.05, 0) is 98.9 Å². The number of rotatable bonds is 22. The minimum Gasteiger partial charge on any atom is -0.393 e. The number of anilines is 1. The van der Waals surface area contributed by atoms with Crippen LogP contribution in [0.25, 0.3) is 33.2 Å². The standard InChI is InChI=1S/C46H61N9O6/c1-53-41-26-31(9-16-39(41)55(46(53)59)40-17-18-42(57)51-44(40)58)4-2-22-60-23-3-24-61-25-21-47-19-20-48-27-32-7-10-34(11-8-32)38-30-54(35-12-14-36(56)15-13-35)43-37(38)29-50-45(52-43)49-28-33-5-6-33/h7-11,16,26,29-30,33,35-36,40,47-48,56H,2-6,12-15,17-25,27-28H2,1H3,(H,49,50,52)(H,51,57,58)/t35-,36-,40-/m0/s1. The second-order valence-electron chi connectivity index (χ2n) is 17.0. The van der Waals surface area contributed by atoms with E-state index in [1.54, 1.807) is 11.6 Å². The second kappa shape index (κ2) is 20.3. The SMILES string of the molecule is Cn1c(=O)n([C@H]2CCC(=O)NC2=O)c2ccc(CCCOCCCOCCNCCNCc3ccc(-c4cn([C@H]5CC[C@H](O)CC5)c5nc(NCC6CC6)ncc45)cc3)cc21. The lowest BCUT2D eigenvalue weighted by atomic mass is 9.93. The minimum absolute atomic E-state index is 0.198. The fourth-order valence-electron chi connectivity index (χ4n) is 8.64. The van der Waals surface area contributed by atoms with Gasteiger partial charge >= 0.3 is 5.69 Å². The van der Waals surface area contributed by atoms with Crippen molar-refractivity contribution in [1.82, 2.24) is 39.6 Å². The van der Waals surface area contributed by atoms with Gasteiger partial charge in [0.2, 0.25) is 17.8 Å². The van der Waals surface area contributed by atoms with Gasteiger partial charge in [-0.3, -0.25) is 24.0 Å². The molecular formula is C46H61N9O6. The number of hydrogen-bond acceptors (Lipinski definition) is 11. The Morgan fingerprint density at radius 3 is 2.38 bits per heavy atom. The first-order valence-electron chi connectivity index (χ1n) is 22.3. The number of aromatic nitrogens is 5. The van der Waals surface area contributed by atoms with E-state index in [0.717, 1.165) is 117 Å². The van der Waals surface area contributed by atoms with E-state index in [1.165, 1.54) is 23.0 Å². The van der Waals surface area contributed by atoms with E-state index >= 15 is 0 Å². The number of nitrogens with zero attached hydrogens (tertiary/aromatic N) is 5. The number of hydrogen-bond donors (Lipinski definition) is 5. The van der Waals surface area contributed by atoms with Crippen LogP contribution >= 0.6 is 0 Å². The molecule has 326 valence electrons. The molecule has 4 heterocycles. The normalized spacial score (nSPS) is 19.5. The van der Waals surface area contributed by atoms with Gasteiger partial charge in [-0.25, -0.2) is 9.78 Å². The van der Waals surface area contributed by atoms with Crippen molar-refractivity contribution in [3.05, 3.63) is 76.5 Å². The molecule has 5 N–H and O–H groups in total. The number of aliphatic hydroxyl groups excluding tert-OH is 1. The molecule has 0 unspecified atom stereocenters. The predicted octanol–water partition coefficient (Wildman–Crippen LogP) is 4.76. The maximum atomic E-state index is 13.0. The number of nitrogens with one attached hydrogen (secondary N) is 4. The van der Waals surface area contributed by atoms with Crippen molar-refractivity contribution in [3.8, 4) is 11.1 Å². The number of imide groups is 1. The minimum atomic E-state index is -0.680. The van der Waals surface area contributed by atoms with Crippen LogP contribution in [0.1, 0.15) is 87.4 Å². The highest BCUT2D eigenvalue weighted by molar-refractivity contribution is 6.00. The summed E-state index contributed by atoms with van der Waals surface area (Å²) in [6.07, 6.45) is 13.2. The van der Waals surface area contributed by atoms with Crippen molar-refractivity contribution in [3.63, 3.8) is 0 Å². The highest BCUT2D eigenvalue weighted by atomic mass is 16.5. The average Bonchev–Trinajstić information content (AvgIpc) is 3.98. The number of aliphatic hydroxyl groups is 1. The van der Waals surface area contributed by atoms with E-state index in [2.05, 4.69) is 61.3 Å². The maximum Gasteiger partial charge on any atom is 0.329 e. The summed E-state index contributed by atoms with van der Waals surface area (Å²) in [4.78, 5) is 46.8. The van der Waals surface area contributed by atoms with Gasteiger partial charge in [0.1, 0.15) is 11.7 Å². The third kappa shape index (κ3) is 10.8. The molecule has 1 saturated heterocycles. The average molecular weight is 836 g/mol. The third-order valence-electron chi connectivity index (χ3n) is 12.4. The number of fused-ring (bicyclic) bond motifs is 2. The van der Waals surface area contributed by atoms with Crippen molar-refractivity contribution in [2.24, 2.45) is 13.0 Å². The van der Waals surface area contributed by atoms with Gasteiger partial charge in [-0.15, -0.1) is 0 Å². The molecule has 3 aromatic heterocycles. The van der Waals surface area contributed by atoms with Crippen LogP contribution < -0.4 is 27.0 Å². The smallest absolute Gasteiger partial charge is 0.329 e. The Labute approximate surface area is 356 Å². The molecule has 3 aliphatic rings. The van der Waals surface area contributed by atoms with E-state index in [9.17, 15) is 19.5 Å². The summed E-state index contributed by atoms with van der Waals surface area (Å²) in [5.74, 6) is 0.717. The molecule has 5 aromatic rings. The van der Waals surface area contributed by atoms with Crippen molar-refractivity contribution in [1.29, 1.82) is 0 Å². The highest BCUT2D eigenvalue weighted by Crippen LogP contribution is 2.37. The zero-order valence-corrected chi connectivity index (χ0v) is 35.4. The Morgan fingerprint density at radius 1 is 0.836 bits per heavy atom. The third-order valence-corrected chi connectivity index (χ3v) is 12.4. The lowest BCUT2D eigenvalue weighted by Gasteiger charge is -2.27. The Bertz CT molecular complexity index is 2320. The summed E-state index contributed by atoms with van der Waals surface area (Å²) in [7, 11) is 1.71. The molecule has 2 amide bonds. The number of carbonyl (C=O) groups excluding carboxylic acids is 2. The Balaban J connectivity index is 0.682. The van der Waals surface area contributed by atoms with E-state index < -0.39 is 11.9 Å². The van der Waals surface area contributed by atoms with Crippen LogP contribution in [0, 0.1) is 5.92 Å². The lowest BCUT2D eigenvalue weighted by Crippen LogP contribution is -2.44. The molecular weight excluding hydrogens is 775 g/mol. The van der Waals surface area contributed by atoms with Gasteiger partial charge in [0.05, 0.1) is 23.7 Å². The lowest BCUT2D eigenvalue weighted by molar-refractivity contribution is -0.135. The molecule has 15 nitrogen and oxygen atoms in total. The van der Waals surface area contributed by atoms with E-state index in [0.29, 0.717) is 50.4 Å². The number of benzene rings is 2. The van der Waals surface area contributed by atoms with Crippen LogP contribution in [0.15, 0.2) is 59.7 Å². The summed E-state index contributed by atoms with van der Waals surface area (Å²) >= 11 is 0. The summed E-state index contributed by atoms with van der Waals surface area (Å²) in [5, 5.41) is 24.0. The van der Waals surface area contributed by atoms with Crippen LogP contribution in [-0.4, -0.2) is 99.3 Å². The number of carbonyl (C=O) groups is 2. The summed E-state index contributed by atoms with van der Waals surface area (Å²) in [5.41, 5.74) is 6.82. The van der Waals surface area contributed by atoms with Crippen molar-refractivity contribution in [2.75, 3.05) is 57.9 Å². The number of piperidine rings is 1. The molecule has 0 bridgehead atoms. The highest BCUT2D eigenvalue weighted by Gasteiger charge is 2.31. The molecule has 8 rings (SSSR count). The Kier molecular flexibility index (Phi) is 14.2. The van der Waals surface area contributed by atoms with Crippen molar-refractivity contribution < 1.29 is 24.2 Å². The largest absolute Gasteiger partial charge is 0.393 e. The monoisotopic (exact) mass is 835 g/mol. The molecule has 15 heteroatoms. The number of amides is 2. The molecule has 0 spiro atoms. The Morgan fingerprint density at radius 2 is 1.59 bits per heavy atom. The fraction of sp³-hybridized carbons (Fsp3) is 0.543. The van der Waals surface area contributed by atoms with Crippen LogP contribution in [-0.2, 0) is 39.1 Å². The van der Waals surface area contributed by atoms with Crippen LogP contribution in [0.3, 0.4) is 0 Å². The molecule has 1 atom stereocenters. The van der Waals surface area contributed by atoms with Gasteiger partial charge < -0.3 is 35.1 Å². The zero-order chi connectivity index (χ0) is 42.1. The maximum absolute atomic E-state index is 13.0. The van der Waals surface area contributed by atoms with Gasteiger partial charge in [-0.2, -0.15) is 4.98 Å².